The van der Waals surface area contributed by atoms with Gasteiger partial charge in [-0.3, -0.25) is 0 Å². The summed E-state index contributed by atoms with van der Waals surface area (Å²) in [7, 11) is 0. The SMILES string of the molecule is O=C(O)c1cc(-c2ccccc2)cc(-c2ccccc2)c1OCOc1ccccc1. The number of aromatic carboxylic acids is 1. The minimum absolute atomic E-state index is 0.0897. The smallest absolute Gasteiger partial charge is 0.339 e. The Morgan fingerprint density at radius 1 is 0.667 bits per heavy atom. The van der Waals surface area contributed by atoms with Gasteiger partial charge in [0.1, 0.15) is 17.1 Å². The van der Waals surface area contributed by atoms with E-state index in [0.717, 1.165) is 16.7 Å². The topological polar surface area (TPSA) is 55.8 Å². The molecule has 0 amide bonds. The predicted octanol–water partition coefficient (Wildman–Crippen LogP) is 6.13. The van der Waals surface area contributed by atoms with Crippen LogP contribution in [0.4, 0.5) is 0 Å². The highest BCUT2D eigenvalue weighted by Gasteiger charge is 2.20. The van der Waals surface area contributed by atoms with E-state index in [2.05, 4.69) is 0 Å². The van der Waals surface area contributed by atoms with Crippen molar-refractivity contribution >= 4 is 5.97 Å². The van der Waals surface area contributed by atoms with Gasteiger partial charge in [-0.05, 0) is 41.0 Å². The standard InChI is InChI=1S/C26H20O4/c27-26(28)24-17-21(19-10-4-1-5-11-19)16-23(20-12-6-2-7-13-20)25(24)30-18-29-22-14-8-3-9-15-22/h1-17H,18H2,(H,27,28). The lowest BCUT2D eigenvalue weighted by Crippen LogP contribution is -2.10. The average Bonchev–Trinajstić information content (AvgIpc) is 2.80. The van der Waals surface area contributed by atoms with Gasteiger partial charge in [0.05, 0.1) is 0 Å². The first kappa shape index (κ1) is 19.3. The predicted molar refractivity (Wildman–Crippen MR) is 117 cm³/mol. The molecule has 0 saturated carbocycles. The Morgan fingerprint density at radius 2 is 1.23 bits per heavy atom. The van der Waals surface area contributed by atoms with Crippen LogP contribution in [-0.2, 0) is 0 Å². The minimum Gasteiger partial charge on any atom is -0.478 e. The van der Waals surface area contributed by atoms with Gasteiger partial charge in [-0.2, -0.15) is 0 Å². The summed E-state index contributed by atoms with van der Waals surface area (Å²) in [5, 5.41) is 9.90. The summed E-state index contributed by atoms with van der Waals surface area (Å²) < 4.78 is 11.5. The van der Waals surface area contributed by atoms with E-state index in [0.29, 0.717) is 11.3 Å². The number of para-hydroxylation sites is 1. The third kappa shape index (κ3) is 4.33. The molecule has 0 atom stereocenters. The molecule has 4 aromatic carbocycles. The van der Waals surface area contributed by atoms with E-state index in [1.54, 1.807) is 6.07 Å². The molecule has 0 aliphatic carbocycles. The number of benzene rings is 4. The fraction of sp³-hybridized carbons (Fsp3) is 0.0385. The van der Waals surface area contributed by atoms with Gasteiger partial charge in [0.25, 0.3) is 0 Å². The summed E-state index contributed by atoms with van der Waals surface area (Å²) in [6.45, 7) is -0.102. The fourth-order valence-corrected chi connectivity index (χ4v) is 3.25. The number of hydrogen-bond acceptors (Lipinski definition) is 3. The molecule has 0 heterocycles. The fourth-order valence-electron chi connectivity index (χ4n) is 3.25. The van der Waals surface area contributed by atoms with Crippen LogP contribution < -0.4 is 9.47 Å². The van der Waals surface area contributed by atoms with Crippen LogP contribution in [0.3, 0.4) is 0 Å². The first-order chi connectivity index (χ1) is 14.7. The van der Waals surface area contributed by atoms with Crippen molar-refractivity contribution in [1.82, 2.24) is 0 Å². The summed E-state index contributed by atoms with van der Waals surface area (Å²) in [5.41, 5.74) is 3.40. The molecule has 0 unspecified atom stereocenters. The van der Waals surface area contributed by atoms with E-state index in [1.165, 1.54) is 0 Å². The van der Waals surface area contributed by atoms with E-state index < -0.39 is 5.97 Å². The highest BCUT2D eigenvalue weighted by molar-refractivity contribution is 5.97. The van der Waals surface area contributed by atoms with Gasteiger partial charge >= 0.3 is 5.97 Å². The Labute approximate surface area is 175 Å². The largest absolute Gasteiger partial charge is 0.478 e. The molecule has 0 aromatic heterocycles. The van der Waals surface area contributed by atoms with E-state index in [1.807, 2.05) is 97.1 Å². The molecule has 4 rings (SSSR count). The third-order valence-electron chi connectivity index (χ3n) is 4.68. The lowest BCUT2D eigenvalue weighted by Gasteiger charge is -2.17. The van der Waals surface area contributed by atoms with Crippen molar-refractivity contribution in [1.29, 1.82) is 0 Å². The van der Waals surface area contributed by atoms with Gasteiger partial charge < -0.3 is 14.6 Å². The second-order valence-corrected chi connectivity index (χ2v) is 6.66. The van der Waals surface area contributed by atoms with Gasteiger partial charge in [-0.1, -0.05) is 78.9 Å². The van der Waals surface area contributed by atoms with Crippen LogP contribution in [-0.4, -0.2) is 17.9 Å². The van der Waals surface area contributed by atoms with Gasteiger partial charge in [0, 0.05) is 5.56 Å². The first-order valence-corrected chi connectivity index (χ1v) is 9.55. The van der Waals surface area contributed by atoms with Crippen LogP contribution in [0.1, 0.15) is 10.4 Å². The van der Waals surface area contributed by atoms with Crippen molar-refractivity contribution in [3.05, 3.63) is 109 Å². The number of rotatable bonds is 7. The lowest BCUT2D eigenvalue weighted by atomic mass is 9.95. The van der Waals surface area contributed by atoms with E-state index in [9.17, 15) is 9.90 Å². The van der Waals surface area contributed by atoms with Crippen LogP contribution >= 0.6 is 0 Å². The second-order valence-electron chi connectivity index (χ2n) is 6.66. The number of ether oxygens (including phenoxy) is 2. The third-order valence-corrected chi connectivity index (χ3v) is 4.68. The lowest BCUT2D eigenvalue weighted by molar-refractivity contribution is 0.0683. The first-order valence-electron chi connectivity index (χ1n) is 9.55. The Hall–Kier alpha value is -4.05. The van der Waals surface area contributed by atoms with Crippen LogP contribution in [0.25, 0.3) is 22.3 Å². The van der Waals surface area contributed by atoms with Gasteiger partial charge in [-0.25, -0.2) is 4.79 Å². The highest BCUT2D eigenvalue weighted by atomic mass is 16.7. The van der Waals surface area contributed by atoms with E-state index >= 15 is 0 Å². The highest BCUT2D eigenvalue weighted by Crippen LogP contribution is 2.38. The molecule has 0 fully saturated rings. The molecule has 0 aliphatic rings. The summed E-state index contributed by atoms with van der Waals surface area (Å²) in [6.07, 6.45) is 0. The molecular formula is C26H20O4. The number of carboxylic acids is 1. The Kier molecular flexibility index (Phi) is 5.76. The van der Waals surface area contributed by atoms with Crippen molar-refractivity contribution in [3.63, 3.8) is 0 Å². The molecule has 0 aliphatic heterocycles. The quantitative estimate of drug-likeness (QED) is 0.382. The molecule has 4 heteroatoms. The van der Waals surface area contributed by atoms with Crippen LogP contribution in [0.5, 0.6) is 11.5 Å². The molecule has 1 N–H and O–H groups in total. The van der Waals surface area contributed by atoms with Crippen molar-refractivity contribution in [3.8, 4) is 33.8 Å². The molecule has 0 radical (unpaired) electrons. The molecule has 4 aromatic rings. The summed E-state index contributed by atoms with van der Waals surface area (Å²) in [6, 6.07) is 32.1. The Morgan fingerprint density at radius 3 is 1.83 bits per heavy atom. The zero-order chi connectivity index (χ0) is 20.8. The van der Waals surface area contributed by atoms with E-state index in [-0.39, 0.29) is 18.1 Å². The van der Waals surface area contributed by atoms with Gasteiger partial charge in [0.15, 0.2) is 0 Å². The molecule has 30 heavy (non-hydrogen) atoms. The second kappa shape index (κ2) is 8.97. The van der Waals surface area contributed by atoms with Gasteiger partial charge in [-0.15, -0.1) is 0 Å². The molecule has 4 nitrogen and oxygen atoms in total. The molecular weight excluding hydrogens is 376 g/mol. The maximum absolute atomic E-state index is 12.1. The van der Waals surface area contributed by atoms with Gasteiger partial charge in [0.2, 0.25) is 6.79 Å². The van der Waals surface area contributed by atoms with Crippen LogP contribution in [0.15, 0.2) is 103 Å². The average molecular weight is 396 g/mol. The molecule has 148 valence electrons. The van der Waals surface area contributed by atoms with Crippen molar-refractivity contribution < 1.29 is 19.4 Å². The monoisotopic (exact) mass is 396 g/mol. The van der Waals surface area contributed by atoms with Crippen molar-refractivity contribution in [2.24, 2.45) is 0 Å². The maximum atomic E-state index is 12.1. The zero-order valence-corrected chi connectivity index (χ0v) is 16.2. The summed E-state index contributed by atoms with van der Waals surface area (Å²) >= 11 is 0. The molecule has 0 saturated heterocycles. The number of hydrogen-bond donors (Lipinski definition) is 1. The van der Waals surface area contributed by atoms with Crippen LogP contribution in [0.2, 0.25) is 0 Å². The maximum Gasteiger partial charge on any atom is 0.339 e. The summed E-state index contributed by atoms with van der Waals surface area (Å²) in [4.78, 5) is 12.1. The van der Waals surface area contributed by atoms with E-state index in [4.69, 9.17) is 9.47 Å². The minimum atomic E-state index is -1.06. The van der Waals surface area contributed by atoms with Crippen molar-refractivity contribution in [2.75, 3.05) is 6.79 Å². The molecule has 0 bridgehead atoms. The number of carbonyl (C=O) groups is 1. The summed E-state index contributed by atoms with van der Waals surface area (Å²) in [5.74, 6) is -0.125. The number of carboxylic acid groups (broad SMARTS) is 1. The van der Waals surface area contributed by atoms with Crippen LogP contribution in [0, 0.1) is 0 Å². The Bertz CT molecular complexity index is 1120. The normalized spacial score (nSPS) is 10.4. The zero-order valence-electron chi connectivity index (χ0n) is 16.2. The Balaban J connectivity index is 1.77. The molecule has 0 spiro atoms. The van der Waals surface area contributed by atoms with Crippen molar-refractivity contribution in [2.45, 2.75) is 0 Å².